The van der Waals surface area contributed by atoms with Gasteiger partial charge < -0.3 is 9.47 Å². The van der Waals surface area contributed by atoms with Gasteiger partial charge in [0.05, 0.1) is 13.2 Å². The predicted octanol–water partition coefficient (Wildman–Crippen LogP) is 2.66. The Balaban J connectivity index is 1.87. The lowest BCUT2D eigenvalue weighted by Gasteiger charge is -2.30. The highest BCUT2D eigenvalue weighted by Gasteiger charge is 2.47. The van der Waals surface area contributed by atoms with Crippen molar-refractivity contribution in [2.45, 2.75) is 76.5 Å². The van der Waals surface area contributed by atoms with Crippen LogP contribution in [0.5, 0.6) is 0 Å². The fraction of sp³-hybridized carbons (Fsp3) is 0.938. The first-order chi connectivity index (χ1) is 9.55. The Kier molecular flexibility index (Phi) is 5.44. The molecule has 4 nitrogen and oxygen atoms in total. The van der Waals surface area contributed by atoms with Crippen molar-refractivity contribution in [1.82, 2.24) is 5.32 Å². The number of hydrogen-bond acceptors (Lipinski definition) is 4. The summed E-state index contributed by atoms with van der Waals surface area (Å²) in [6.07, 6.45) is 8.00. The summed E-state index contributed by atoms with van der Waals surface area (Å²) in [5.74, 6) is 0.597. The number of methoxy groups -OCH3 is 1. The Morgan fingerprint density at radius 2 is 2.00 bits per heavy atom. The van der Waals surface area contributed by atoms with Crippen molar-refractivity contribution in [3.63, 3.8) is 0 Å². The number of carbonyl (C=O) groups excluding carboxylic acids is 1. The van der Waals surface area contributed by atoms with Crippen LogP contribution in [-0.4, -0.2) is 37.4 Å². The number of rotatable bonds is 6. The molecule has 0 spiro atoms. The quantitative estimate of drug-likeness (QED) is 0.761. The molecule has 4 heteroatoms. The third-order valence-electron chi connectivity index (χ3n) is 4.65. The summed E-state index contributed by atoms with van der Waals surface area (Å²) in [5.41, 5.74) is -0.538. The maximum absolute atomic E-state index is 12.1. The molecule has 2 atom stereocenters. The summed E-state index contributed by atoms with van der Waals surface area (Å²) < 4.78 is 11.1. The Labute approximate surface area is 122 Å². The molecular weight excluding hydrogens is 254 g/mol. The standard InChI is InChI=1S/C16H29NO3/c1-12(2)17-16(15(18)19-3)9-8-14(10-16)20-11-13-6-4-5-7-13/h12-14,17H,4-11H2,1-3H3. The molecule has 0 bridgehead atoms. The Morgan fingerprint density at radius 1 is 1.30 bits per heavy atom. The van der Waals surface area contributed by atoms with Gasteiger partial charge in [-0.05, 0) is 45.4 Å². The molecule has 0 aromatic heterocycles. The van der Waals surface area contributed by atoms with Crippen molar-refractivity contribution >= 4 is 5.97 Å². The van der Waals surface area contributed by atoms with Crippen LogP contribution in [0.15, 0.2) is 0 Å². The van der Waals surface area contributed by atoms with E-state index in [1.165, 1.54) is 32.8 Å². The smallest absolute Gasteiger partial charge is 0.326 e. The predicted molar refractivity (Wildman–Crippen MR) is 78.6 cm³/mol. The summed E-state index contributed by atoms with van der Waals surface area (Å²) in [6, 6.07) is 0.266. The number of esters is 1. The average Bonchev–Trinajstić information content (AvgIpc) is 3.05. The summed E-state index contributed by atoms with van der Waals surface area (Å²) in [5, 5.41) is 3.41. The number of ether oxygens (including phenoxy) is 2. The van der Waals surface area contributed by atoms with Crippen molar-refractivity contribution < 1.29 is 14.3 Å². The molecule has 2 aliphatic carbocycles. The van der Waals surface area contributed by atoms with Crippen molar-refractivity contribution in [2.24, 2.45) is 5.92 Å². The minimum Gasteiger partial charge on any atom is -0.468 e. The Hall–Kier alpha value is -0.610. The van der Waals surface area contributed by atoms with Gasteiger partial charge in [-0.1, -0.05) is 12.8 Å². The van der Waals surface area contributed by atoms with E-state index in [0.29, 0.717) is 0 Å². The third kappa shape index (κ3) is 3.73. The fourth-order valence-corrected chi connectivity index (χ4v) is 3.71. The number of hydrogen-bond donors (Lipinski definition) is 1. The van der Waals surface area contributed by atoms with Crippen LogP contribution in [0.3, 0.4) is 0 Å². The van der Waals surface area contributed by atoms with Gasteiger partial charge >= 0.3 is 5.97 Å². The van der Waals surface area contributed by atoms with Crippen molar-refractivity contribution in [3.8, 4) is 0 Å². The second-order valence-electron chi connectivity index (χ2n) is 6.72. The molecule has 2 aliphatic rings. The van der Waals surface area contributed by atoms with E-state index in [0.717, 1.165) is 31.8 Å². The van der Waals surface area contributed by atoms with Crippen LogP contribution in [0.1, 0.15) is 58.8 Å². The molecule has 0 aliphatic heterocycles. The van der Waals surface area contributed by atoms with Gasteiger partial charge in [0.15, 0.2) is 0 Å². The highest BCUT2D eigenvalue weighted by Crippen LogP contribution is 2.35. The normalized spacial score (nSPS) is 31.1. The molecular formula is C16H29NO3. The van der Waals surface area contributed by atoms with Crippen LogP contribution in [0, 0.1) is 5.92 Å². The molecule has 0 aromatic carbocycles. The molecule has 2 rings (SSSR count). The molecule has 2 saturated carbocycles. The zero-order valence-corrected chi connectivity index (χ0v) is 13.1. The second-order valence-corrected chi connectivity index (χ2v) is 6.72. The van der Waals surface area contributed by atoms with Gasteiger partial charge in [0.1, 0.15) is 5.54 Å². The van der Waals surface area contributed by atoms with Crippen LogP contribution in [0.4, 0.5) is 0 Å². The lowest BCUT2D eigenvalue weighted by Crippen LogP contribution is -2.53. The molecule has 0 radical (unpaired) electrons. The second kappa shape index (κ2) is 6.90. The first-order valence-electron chi connectivity index (χ1n) is 8.03. The number of nitrogens with one attached hydrogen (secondary N) is 1. The molecule has 0 aromatic rings. The van der Waals surface area contributed by atoms with Crippen LogP contribution in [-0.2, 0) is 14.3 Å². The first-order valence-corrected chi connectivity index (χ1v) is 8.03. The van der Waals surface area contributed by atoms with Gasteiger partial charge in [-0.15, -0.1) is 0 Å². The highest BCUT2D eigenvalue weighted by molar-refractivity contribution is 5.81. The van der Waals surface area contributed by atoms with E-state index < -0.39 is 5.54 Å². The molecule has 2 unspecified atom stereocenters. The molecule has 1 N–H and O–H groups in total. The molecule has 116 valence electrons. The van der Waals surface area contributed by atoms with E-state index in [4.69, 9.17) is 9.47 Å². The zero-order chi connectivity index (χ0) is 14.6. The topological polar surface area (TPSA) is 47.6 Å². The minimum absolute atomic E-state index is 0.141. The summed E-state index contributed by atoms with van der Waals surface area (Å²) in [6.45, 7) is 5.00. The van der Waals surface area contributed by atoms with Gasteiger partial charge in [0.2, 0.25) is 0 Å². The maximum Gasteiger partial charge on any atom is 0.326 e. The van der Waals surface area contributed by atoms with Crippen LogP contribution in [0.2, 0.25) is 0 Å². The SMILES string of the molecule is COC(=O)C1(NC(C)C)CCC(OCC2CCCC2)C1. The molecule has 0 saturated heterocycles. The van der Waals surface area contributed by atoms with E-state index in [9.17, 15) is 4.79 Å². The monoisotopic (exact) mass is 283 g/mol. The first kappa shape index (κ1) is 15.8. The average molecular weight is 283 g/mol. The summed E-state index contributed by atoms with van der Waals surface area (Å²) in [4.78, 5) is 12.1. The molecule has 2 fully saturated rings. The van der Waals surface area contributed by atoms with E-state index in [-0.39, 0.29) is 18.1 Å². The zero-order valence-electron chi connectivity index (χ0n) is 13.1. The van der Waals surface area contributed by atoms with E-state index in [2.05, 4.69) is 19.2 Å². The Bertz CT molecular complexity index is 326. The van der Waals surface area contributed by atoms with Crippen LogP contribution >= 0.6 is 0 Å². The molecule has 0 heterocycles. The highest BCUT2D eigenvalue weighted by atomic mass is 16.5. The van der Waals surface area contributed by atoms with E-state index in [1.54, 1.807) is 0 Å². The third-order valence-corrected chi connectivity index (χ3v) is 4.65. The summed E-state index contributed by atoms with van der Waals surface area (Å²) in [7, 11) is 1.47. The van der Waals surface area contributed by atoms with Crippen LogP contribution in [0.25, 0.3) is 0 Å². The van der Waals surface area contributed by atoms with Gasteiger partial charge in [0.25, 0.3) is 0 Å². The van der Waals surface area contributed by atoms with Crippen molar-refractivity contribution in [3.05, 3.63) is 0 Å². The lowest BCUT2D eigenvalue weighted by molar-refractivity contribution is -0.149. The Morgan fingerprint density at radius 3 is 2.60 bits per heavy atom. The molecule has 0 amide bonds. The largest absolute Gasteiger partial charge is 0.468 e. The maximum atomic E-state index is 12.1. The van der Waals surface area contributed by atoms with E-state index in [1.807, 2.05) is 0 Å². The number of carbonyl (C=O) groups is 1. The van der Waals surface area contributed by atoms with Gasteiger partial charge in [0, 0.05) is 19.1 Å². The van der Waals surface area contributed by atoms with Crippen molar-refractivity contribution in [2.75, 3.05) is 13.7 Å². The minimum atomic E-state index is -0.538. The lowest BCUT2D eigenvalue weighted by atomic mass is 9.96. The van der Waals surface area contributed by atoms with Crippen molar-refractivity contribution in [1.29, 1.82) is 0 Å². The fourth-order valence-electron chi connectivity index (χ4n) is 3.71. The van der Waals surface area contributed by atoms with E-state index >= 15 is 0 Å². The van der Waals surface area contributed by atoms with Gasteiger partial charge in [-0.25, -0.2) is 0 Å². The van der Waals surface area contributed by atoms with Gasteiger partial charge in [-0.3, -0.25) is 10.1 Å². The summed E-state index contributed by atoms with van der Waals surface area (Å²) >= 11 is 0. The van der Waals surface area contributed by atoms with Crippen LogP contribution < -0.4 is 5.32 Å². The molecule has 20 heavy (non-hydrogen) atoms. The van der Waals surface area contributed by atoms with Gasteiger partial charge in [-0.2, -0.15) is 0 Å².